The molecule has 0 fully saturated rings. The number of nitrogens with one attached hydrogen (secondary N) is 1. The normalized spacial score (nSPS) is 12.7. The highest BCUT2D eigenvalue weighted by Gasteiger charge is 2.15. The second-order valence-electron chi connectivity index (χ2n) is 3.83. The number of rotatable bonds is 4. The molecule has 1 N–H and O–H groups in total. The Kier molecular flexibility index (Phi) is 4.16. The van der Waals surface area contributed by atoms with Crippen molar-refractivity contribution in [3.05, 3.63) is 34.1 Å². The summed E-state index contributed by atoms with van der Waals surface area (Å²) in [4.78, 5) is 0. The monoisotopic (exact) mass is 285 g/mol. The zero-order valence-electron chi connectivity index (χ0n) is 10.1. The van der Waals surface area contributed by atoms with Crippen molar-refractivity contribution < 1.29 is 0 Å². The molecule has 0 aliphatic carbocycles. The van der Waals surface area contributed by atoms with E-state index < -0.39 is 0 Å². The van der Waals surface area contributed by atoms with Gasteiger partial charge in [-0.2, -0.15) is 4.68 Å². The van der Waals surface area contributed by atoms with Gasteiger partial charge in [-0.3, -0.25) is 0 Å². The minimum atomic E-state index is 0.0550. The van der Waals surface area contributed by atoms with Gasteiger partial charge in [-0.15, -0.1) is 5.10 Å². The van der Waals surface area contributed by atoms with Crippen LogP contribution in [0.5, 0.6) is 0 Å². The van der Waals surface area contributed by atoms with Gasteiger partial charge < -0.3 is 5.32 Å². The Bertz CT molecular complexity index is 540. The van der Waals surface area contributed by atoms with E-state index in [2.05, 4.69) is 20.8 Å². The van der Waals surface area contributed by atoms with E-state index in [9.17, 15) is 0 Å². The lowest BCUT2D eigenvalue weighted by atomic mass is 10.3. The summed E-state index contributed by atoms with van der Waals surface area (Å²) < 4.78 is 1.65. The van der Waals surface area contributed by atoms with Gasteiger partial charge in [0.2, 0.25) is 0 Å². The Labute approximate surface area is 115 Å². The minimum Gasteiger partial charge on any atom is -0.308 e. The first kappa shape index (κ1) is 13.3. The molecular formula is C11H13Cl2N5. The molecule has 1 atom stereocenters. The van der Waals surface area contributed by atoms with E-state index in [1.165, 1.54) is 0 Å². The molecule has 0 spiro atoms. The third kappa shape index (κ3) is 2.63. The van der Waals surface area contributed by atoms with E-state index in [4.69, 9.17) is 23.2 Å². The second-order valence-corrected chi connectivity index (χ2v) is 4.64. The molecule has 1 aromatic heterocycles. The van der Waals surface area contributed by atoms with E-state index in [1.54, 1.807) is 16.8 Å². The van der Waals surface area contributed by atoms with Crippen molar-refractivity contribution in [1.29, 1.82) is 0 Å². The topological polar surface area (TPSA) is 55.6 Å². The first-order valence-electron chi connectivity index (χ1n) is 5.60. The van der Waals surface area contributed by atoms with Gasteiger partial charge >= 0.3 is 0 Å². The fraction of sp³-hybridized carbons (Fsp3) is 0.364. The predicted octanol–water partition coefficient (Wildman–Crippen LogP) is 2.64. The fourth-order valence-corrected chi connectivity index (χ4v) is 1.95. The van der Waals surface area contributed by atoms with Gasteiger partial charge in [0.15, 0.2) is 5.82 Å². The Morgan fingerprint density at radius 2 is 2.11 bits per heavy atom. The summed E-state index contributed by atoms with van der Waals surface area (Å²) in [5.41, 5.74) is 0.786. The van der Waals surface area contributed by atoms with Crippen LogP contribution in [0.2, 0.25) is 10.0 Å². The zero-order chi connectivity index (χ0) is 13.1. The molecule has 0 aliphatic heterocycles. The molecule has 0 amide bonds. The maximum atomic E-state index is 5.99. The lowest BCUT2D eigenvalue weighted by molar-refractivity contribution is 0.550. The molecule has 18 heavy (non-hydrogen) atoms. The summed E-state index contributed by atoms with van der Waals surface area (Å²) in [6.07, 6.45) is 0. The van der Waals surface area contributed by atoms with Crippen molar-refractivity contribution in [2.24, 2.45) is 0 Å². The van der Waals surface area contributed by atoms with Crippen LogP contribution in [0, 0.1) is 0 Å². The second kappa shape index (κ2) is 5.65. The number of halogens is 2. The Morgan fingerprint density at radius 1 is 1.33 bits per heavy atom. The van der Waals surface area contributed by atoms with E-state index in [0.29, 0.717) is 10.0 Å². The van der Waals surface area contributed by atoms with Gasteiger partial charge in [0.25, 0.3) is 0 Å². The predicted molar refractivity (Wildman–Crippen MR) is 71.3 cm³/mol. The van der Waals surface area contributed by atoms with E-state index in [1.807, 2.05) is 19.9 Å². The number of hydrogen-bond donors (Lipinski definition) is 1. The van der Waals surface area contributed by atoms with Crippen LogP contribution in [-0.2, 0) is 0 Å². The lowest BCUT2D eigenvalue weighted by Gasteiger charge is -2.12. The van der Waals surface area contributed by atoms with Crippen molar-refractivity contribution in [3.8, 4) is 5.69 Å². The zero-order valence-corrected chi connectivity index (χ0v) is 11.6. The highest BCUT2D eigenvalue weighted by atomic mass is 35.5. The first-order chi connectivity index (χ1) is 8.63. The third-order valence-electron chi connectivity index (χ3n) is 2.54. The molecule has 0 saturated carbocycles. The van der Waals surface area contributed by atoms with E-state index in [-0.39, 0.29) is 6.04 Å². The lowest BCUT2D eigenvalue weighted by Crippen LogP contribution is -2.21. The highest BCUT2D eigenvalue weighted by molar-refractivity contribution is 6.42. The van der Waals surface area contributed by atoms with Gasteiger partial charge in [-0.25, -0.2) is 0 Å². The van der Waals surface area contributed by atoms with Gasteiger partial charge in [0.1, 0.15) is 0 Å². The van der Waals surface area contributed by atoms with E-state index >= 15 is 0 Å². The molecule has 0 radical (unpaired) electrons. The standard InChI is InChI=1S/C11H13Cl2N5/c1-3-14-7(2)11-15-16-17-18(11)8-4-5-9(12)10(13)6-8/h4-7,14H,3H2,1-2H3. The average molecular weight is 286 g/mol. The maximum absolute atomic E-state index is 5.99. The molecule has 0 bridgehead atoms. The summed E-state index contributed by atoms with van der Waals surface area (Å²) in [5, 5.41) is 16.0. The smallest absolute Gasteiger partial charge is 0.173 e. The summed E-state index contributed by atoms with van der Waals surface area (Å²) >= 11 is 11.9. The summed E-state index contributed by atoms with van der Waals surface area (Å²) in [7, 11) is 0. The Hall–Kier alpha value is -1.17. The molecule has 2 rings (SSSR count). The number of tetrazole rings is 1. The van der Waals surface area contributed by atoms with Crippen LogP contribution in [0.1, 0.15) is 25.7 Å². The van der Waals surface area contributed by atoms with Crippen molar-refractivity contribution in [2.45, 2.75) is 19.9 Å². The van der Waals surface area contributed by atoms with Crippen LogP contribution >= 0.6 is 23.2 Å². The van der Waals surface area contributed by atoms with Gasteiger partial charge in [0, 0.05) is 0 Å². The SMILES string of the molecule is CCNC(C)c1nnnn1-c1ccc(Cl)c(Cl)c1. The van der Waals surface area contributed by atoms with Gasteiger partial charge in [0.05, 0.1) is 21.8 Å². The van der Waals surface area contributed by atoms with Crippen LogP contribution < -0.4 is 5.32 Å². The summed E-state index contributed by atoms with van der Waals surface area (Å²) in [5.74, 6) is 0.732. The molecule has 2 aromatic rings. The third-order valence-corrected chi connectivity index (χ3v) is 3.28. The largest absolute Gasteiger partial charge is 0.308 e. The molecule has 1 unspecified atom stereocenters. The Morgan fingerprint density at radius 3 is 2.78 bits per heavy atom. The van der Waals surface area contributed by atoms with Crippen LogP contribution in [0.25, 0.3) is 5.69 Å². The minimum absolute atomic E-state index is 0.0550. The molecule has 1 heterocycles. The van der Waals surface area contributed by atoms with Crippen molar-refractivity contribution >= 4 is 23.2 Å². The first-order valence-corrected chi connectivity index (χ1v) is 6.36. The van der Waals surface area contributed by atoms with E-state index in [0.717, 1.165) is 18.1 Å². The fourth-order valence-electron chi connectivity index (χ4n) is 1.66. The number of nitrogens with zero attached hydrogens (tertiary/aromatic N) is 4. The maximum Gasteiger partial charge on any atom is 0.173 e. The van der Waals surface area contributed by atoms with Crippen LogP contribution in [0.3, 0.4) is 0 Å². The van der Waals surface area contributed by atoms with Crippen molar-refractivity contribution in [3.63, 3.8) is 0 Å². The molecule has 0 saturated heterocycles. The summed E-state index contributed by atoms with van der Waals surface area (Å²) in [6, 6.07) is 5.34. The Balaban J connectivity index is 2.39. The highest BCUT2D eigenvalue weighted by Crippen LogP contribution is 2.25. The number of benzene rings is 1. The summed E-state index contributed by atoms with van der Waals surface area (Å²) in [6.45, 7) is 4.88. The average Bonchev–Trinajstić information content (AvgIpc) is 2.82. The van der Waals surface area contributed by atoms with Crippen molar-refractivity contribution in [2.75, 3.05) is 6.54 Å². The van der Waals surface area contributed by atoms with Crippen molar-refractivity contribution in [1.82, 2.24) is 25.5 Å². The molecule has 5 nitrogen and oxygen atoms in total. The van der Waals surface area contributed by atoms with Crippen LogP contribution in [0.15, 0.2) is 18.2 Å². The van der Waals surface area contributed by atoms with Gasteiger partial charge in [-0.05, 0) is 42.1 Å². The van der Waals surface area contributed by atoms with Gasteiger partial charge in [-0.1, -0.05) is 30.1 Å². The number of aromatic nitrogens is 4. The number of hydrogen-bond acceptors (Lipinski definition) is 4. The molecule has 1 aromatic carbocycles. The molecular weight excluding hydrogens is 273 g/mol. The molecule has 96 valence electrons. The molecule has 7 heteroatoms. The van der Waals surface area contributed by atoms with Crippen LogP contribution in [0.4, 0.5) is 0 Å². The van der Waals surface area contributed by atoms with Crippen LogP contribution in [-0.4, -0.2) is 26.8 Å². The molecule has 0 aliphatic rings. The quantitative estimate of drug-likeness (QED) is 0.938.